The monoisotopic (exact) mass is 2000 g/mol. The average molecular weight is 2000 g/mol. The van der Waals surface area contributed by atoms with Crippen LogP contribution in [0.4, 0.5) is 21.5 Å². The molecular formula is C110H105FN28O2S4. The highest BCUT2D eigenvalue weighted by Crippen LogP contribution is 2.43. The molecule has 1 aliphatic rings. The van der Waals surface area contributed by atoms with Gasteiger partial charge in [-0.05, 0) is 201 Å². The molecule has 0 spiro atoms. The number of halogens is 1. The quantitative estimate of drug-likeness (QED) is 0.0318. The molecule has 0 aliphatic heterocycles. The van der Waals surface area contributed by atoms with Crippen LogP contribution in [-0.4, -0.2) is 139 Å². The number of imidazole rings is 4. The Morgan fingerprint density at radius 3 is 1.06 bits per heavy atom. The molecule has 4 aromatic carbocycles. The molecular weight excluding hydrogens is 1890 g/mol. The lowest BCUT2D eigenvalue weighted by atomic mass is 10.0. The molecule has 728 valence electrons. The summed E-state index contributed by atoms with van der Waals surface area (Å²) in [5.74, 6) is 3.72. The predicted octanol–water partition coefficient (Wildman–Crippen LogP) is 27.0. The minimum atomic E-state index is -0.234. The van der Waals surface area contributed by atoms with Gasteiger partial charge in [0.1, 0.15) is 44.8 Å². The summed E-state index contributed by atoms with van der Waals surface area (Å²) in [6, 6.07) is 48.3. The maximum atomic E-state index is 13.7. The Kier molecular flexibility index (Phi) is 28.9. The smallest absolute Gasteiger partial charge is 0.224 e. The molecule has 0 saturated heterocycles. The number of carbonyl (C=O) groups excluding carboxylic acids is 2. The Morgan fingerprint density at radius 2 is 0.717 bits per heavy atom. The van der Waals surface area contributed by atoms with Crippen LogP contribution in [0.1, 0.15) is 109 Å². The first-order chi connectivity index (χ1) is 68.9. The number of pyridine rings is 8. The number of aryl methyl sites for hydroxylation is 3. The number of anilines is 3. The molecule has 25 rings (SSSR count). The summed E-state index contributed by atoms with van der Waals surface area (Å²) >= 11 is 6.26. The number of aromatic nitrogens is 24. The van der Waals surface area contributed by atoms with Gasteiger partial charge in [-0.3, -0.25) is 69.9 Å². The van der Waals surface area contributed by atoms with E-state index in [0.29, 0.717) is 53.2 Å². The molecule has 20 aromatic heterocycles. The van der Waals surface area contributed by atoms with Gasteiger partial charge in [0.15, 0.2) is 28.4 Å². The van der Waals surface area contributed by atoms with Crippen LogP contribution in [0.15, 0.2) is 245 Å². The molecule has 0 bridgehead atoms. The molecule has 35 heteroatoms. The van der Waals surface area contributed by atoms with Gasteiger partial charge in [0.05, 0.1) is 98.4 Å². The van der Waals surface area contributed by atoms with E-state index < -0.39 is 0 Å². The van der Waals surface area contributed by atoms with Crippen molar-refractivity contribution in [1.82, 2.24) is 126 Å². The Labute approximate surface area is 849 Å². The van der Waals surface area contributed by atoms with Crippen LogP contribution in [0.2, 0.25) is 0 Å². The summed E-state index contributed by atoms with van der Waals surface area (Å²) in [7, 11) is 0. The SMILES string of the molecule is C.C.C.C.CCC(=O)Nc1cncc(-c2ccc3[nH]nc(-c4nc5c(-c6ccc(C)s6)cncc5[nH]4)c3c2)c1.Cc1ccc(-c2cncc3[nH]c(-c4n[nH]c5ccc(-c6cncc(N)c6)cc45)nc23)s1.Cc1ccc(-c2cncc3[nH]c(-c4n[nH]c5ccc(-c6cncc(NC(=O)CC(C)C)c6)cc45)nc23)s1.Fc1ccc(-c2cncc3[nH]c(-c4n[nH]c5ccc(-c6cncc(CNCC7CCCC7)c6)cc45)nc23)s1. The van der Waals surface area contributed by atoms with Crippen LogP contribution in [0.3, 0.4) is 0 Å². The largest absolute Gasteiger partial charge is 0.397 e. The third-order valence-corrected chi connectivity index (χ3v) is 28.7. The van der Waals surface area contributed by atoms with Crippen molar-refractivity contribution in [3.05, 3.63) is 270 Å². The Hall–Kier alpha value is -16.7. The number of H-pyrrole nitrogens is 8. The lowest BCUT2D eigenvalue weighted by molar-refractivity contribution is -0.117. The van der Waals surface area contributed by atoms with Crippen LogP contribution in [0, 0.1) is 37.7 Å². The van der Waals surface area contributed by atoms with Crippen molar-refractivity contribution in [2.24, 2.45) is 11.8 Å². The molecule has 1 aliphatic carbocycles. The zero-order valence-corrected chi connectivity index (χ0v) is 80.2. The number of hydrogen-bond donors (Lipinski definition) is 12. The maximum Gasteiger partial charge on any atom is 0.224 e. The van der Waals surface area contributed by atoms with Crippen molar-refractivity contribution >= 4 is 162 Å². The maximum absolute atomic E-state index is 13.7. The number of thiophene rings is 4. The van der Waals surface area contributed by atoms with Gasteiger partial charge in [-0.25, -0.2) is 19.9 Å². The van der Waals surface area contributed by atoms with E-state index in [4.69, 9.17) is 25.7 Å². The van der Waals surface area contributed by atoms with Crippen LogP contribution >= 0.6 is 45.3 Å². The summed E-state index contributed by atoms with van der Waals surface area (Å²) < 4.78 is 13.7. The van der Waals surface area contributed by atoms with Gasteiger partial charge in [-0.15, -0.1) is 45.3 Å². The minimum absolute atomic E-state index is 0. The van der Waals surface area contributed by atoms with E-state index in [-0.39, 0.29) is 52.6 Å². The van der Waals surface area contributed by atoms with Crippen molar-refractivity contribution < 1.29 is 14.0 Å². The molecule has 24 aromatic rings. The highest BCUT2D eigenvalue weighted by Gasteiger charge is 2.25. The lowest BCUT2D eigenvalue weighted by Crippen LogP contribution is -2.20. The van der Waals surface area contributed by atoms with E-state index >= 15 is 0 Å². The summed E-state index contributed by atoms with van der Waals surface area (Å²) in [5, 5.41) is 43.7. The van der Waals surface area contributed by atoms with Gasteiger partial charge in [0.2, 0.25) is 11.8 Å². The molecule has 0 unspecified atom stereocenters. The average Bonchev–Trinajstić information content (AvgIpc) is 1.63. The molecule has 0 radical (unpaired) electrons. The molecule has 145 heavy (non-hydrogen) atoms. The van der Waals surface area contributed by atoms with Crippen LogP contribution in [0.5, 0.6) is 0 Å². The first-order valence-electron chi connectivity index (χ1n) is 46.0. The molecule has 30 nitrogen and oxygen atoms in total. The number of benzene rings is 4. The summed E-state index contributed by atoms with van der Waals surface area (Å²) in [6.07, 6.45) is 34.9. The van der Waals surface area contributed by atoms with E-state index in [1.807, 2.05) is 112 Å². The number of hydrogen-bond acceptors (Lipinski definition) is 24. The zero-order valence-electron chi connectivity index (χ0n) is 77.0. The second-order valence-corrected chi connectivity index (χ2v) is 40.1. The van der Waals surface area contributed by atoms with Gasteiger partial charge in [0.25, 0.3) is 0 Å². The Bertz CT molecular complexity index is 8810. The fourth-order valence-corrected chi connectivity index (χ4v) is 21.1. The summed E-state index contributed by atoms with van der Waals surface area (Å²) in [4.78, 5) is 100. The topological polar surface area (TPSA) is 429 Å². The fraction of sp³-hybridized carbons (Fsp3) is 0.182. The number of rotatable bonds is 21. The number of carbonyl (C=O) groups is 2. The van der Waals surface area contributed by atoms with Crippen molar-refractivity contribution in [2.75, 3.05) is 22.9 Å². The summed E-state index contributed by atoms with van der Waals surface area (Å²) in [5.41, 5.74) is 34.1. The first kappa shape index (κ1) is 98.5. The van der Waals surface area contributed by atoms with Crippen molar-refractivity contribution in [3.8, 4) is 132 Å². The fourth-order valence-electron chi connectivity index (χ4n) is 17.8. The zero-order chi connectivity index (χ0) is 95.9. The highest BCUT2D eigenvalue weighted by molar-refractivity contribution is 7.16. The summed E-state index contributed by atoms with van der Waals surface area (Å²) in [6.45, 7) is 14.0. The minimum Gasteiger partial charge on any atom is -0.397 e. The standard InChI is InChI=1S/C29H26FN7S.C28H25N7OS.C26H21N7OS.C23H17N7S.4CH4/c30-26-8-7-25(38-26)22-15-33-16-24-27(22)35-29(34-24)28-21-10-19(5-6-23(21)36-37-28)20-9-18(13-32-14-20)12-31-11-17-3-1-2-4-17;1-15(2)8-25(36)31-19-9-18(11-29-12-19)17-5-6-22-20(10-17)27(35-34-22)28-32-23-14-30-13-21(26(23)33-28)24-7-4-16(3)37-24;1-3-23(34)29-17-8-16(10-27-11-17)15-5-6-20-18(9-15)25(33-32-20)26-30-21-13-28-12-19(24(21)31-26)22-7-4-14(2)35-22;1-12-2-5-20(31-12)17-10-26-11-19-21(17)28-23(27-19)22-16-7-13(3-4-18(16)29-30-22)14-6-15(24)9-25-8-14;;;;/h5-10,13-17,31H,1-4,11-12H2,(H,34,35)(H,36,37);4-7,9-15H,8H2,1-3H3,(H,31,36)(H,32,33)(H,34,35);4-13H,3H2,1-2H3,(H,29,34)(H,30,31)(H,32,33);2-11H,24H2,1H3,(H,27,28)(H,29,30);4*1H4. The number of nitrogens with zero attached hydrogens (tertiary/aromatic N) is 16. The van der Waals surface area contributed by atoms with Gasteiger partial charge in [-0.2, -0.15) is 24.8 Å². The van der Waals surface area contributed by atoms with Gasteiger partial charge in [-0.1, -0.05) is 87.6 Å². The van der Waals surface area contributed by atoms with Crippen LogP contribution in [-0.2, 0) is 16.1 Å². The number of aromatic amines is 8. The molecule has 13 N–H and O–H groups in total. The molecule has 20 heterocycles. The second kappa shape index (κ2) is 42.6. The van der Waals surface area contributed by atoms with Crippen LogP contribution in [0.25, 0.3) is 220 Å². The van der Waals surface area contributed by atoms with E-state index in [0.717, 1.165) is 227 Å². The lowest BCUT2D eigenvalue weighted by Gasteiger charge is -2.11. The van der Waals surface area contributed by atoms with Crippen molar-refractivity contribution in [3.63, 3.8) is 0 Å². The Morgan fingerprint density at radius 1 is 0.379 bits per heavy atom. The van der Waals surface area contributed by atoms with Gasteiger partial charge >= 0.3 is 0 Å². The third-order valence-electron chi connectivity index (χ3n) is 24.7. The first-order valence-corrected chi connectivity index (χ1v) is 49.3. The molecule has 2 amide bonds. The molecule has 1 saturated carbocycles. The second-order valence-electron chi connectivity index (χ2n) is 35.2. The Balaban J connectivity index is 0.000000126. The number of nitrogen functional groups attached to an aromatic ring is 1. The predicted molar refractivity (Wildman–Crippen MR) is 588 cm³/mol. The van der Waals surface area contributed by atoms with E-state index in [2.05, 4.69) is 210 Å². The van der Waals surface area contributed by atoms with Gasteiger partial charge in [0, 0.05) is 182 Å². The van der Waals surface area contributed by atoms with E-state index in [1.54, 1.807) is 108 Å². The highest BCUT2D eigenvalue weighted by atomic mass is 32.1. The number of nitrogens with two attached hydrogens (primary N) is 1. The third kappa shape index (κ3) is 20.7. The number of fused-ring (bicyclic) bond motifs is 8. The molecule has 1 fully saturated rings. The number of amides is 2. The van der Waals surface area contributed by atoms with Crippen molar-refractivity contribution in [2.45, 2.75) is 116 Å². The molecule has 0 atom stereocenters. The normalized spacial score (nSPS) is 11.9. The van der Waals surface area contributed by atoms with Crippen LogP contribution < -0.4 is 21.7 Å². The van der Waals surface area contributed by atoms with E-state index in [1.165, 1.54) is 51.9 Å². The number of nitrogens with one attached hydrogen (secondary N) is 11. The van der Waals surface area contributed by atoms with Crippen molar-refractivity contribution in [1.29, 1.82) is 0 Å². The van der Waals surface area contributed by atoms with Gasteiger partial charge < -0.3 is 41.6 Å². The van der Waals surface area contributed by atoms with E-state index in [9.17, 15) is 14.0 Å².